The second-order valence-corrected chi connectivity index (χ2v) is 5.37. The predicted molar refractivity (Wildman–Crippen MR) is 87.1 cm³/mol. The summed E-state index contributed by atoms with van der Waals surface area (Å²) in [6.45, 7) is 7.57. The van der Waals surface area contributed by atoms with Crippen LogP contribution in [0.25, 0.3) is 0 Å². The van der Waals surface area contributed by atoms with Gasteiger partial charge in [0.25, 0.3) is 0 Å². The number of ether oxygens (including phenoxy) is 1. The molecule has 0 atom stereocenters. The number of carboxylic acids is 2. The maximum absolute atomic E-state index is 12.0. The average molecular weight is 338 g/mol. The van der Waals surface area contributed by atoms with Gasteiger partial charge in [0.15, 0.2) is 0 Å². The highest BCUT2D eigenvalue weighted by Crippen LogP contribution is 2.16. The molecule has 132 valence electrons. The first-order chi connectivity index (χ1) is 11.3. The lowest BCUT2D eigenvalue weighted by Crippen LogP contribution is -2.41. The molecule has 1 aliphatic heterocycles. The zero-order valence-corrected chi connectivity index (χ0v) is 13.7. The van der Waals surface area contributed by atoms with Crippen LogP contribution in [0.2, 0.25) is 0 Å². The monoisotopic (exact) mass is 338 g/mol. The number of amides is 1. The molecule has 8 nitrogen and oxygen atoms in total. The van der Waals surface area contributed by atoms with Crippen molar-refractivity contribution >= 4 is 23.5 Å². The van der Waals surface area contributed by atoms with E-state index in [1.807, 2.05) is 32.0 Å². The summed E-state index contributed by atoms with van der Waals surface area (Å²) >= 11 is 0. The van der Waals surface area contributed by atoms with Crippen molar-refractivity contribution in [3.8, 4) is 0 Å². The Bertz CT molecular complexity index is 584. The number of aryl methyl sites for hydroxylation is 2. The topological polar surface area (TPSA) is 116 Å². The van der Waals surface area contributed by atoms with Gasteiger partial charge in [-0.05, 0) is 31.0 Å². The second-order valence-electron chi connectivity index (χ2n) is 5.37. The van der Waals surface area contributed by atoms with E-state index in [0.29, 0.717) is 6.54 Å². The van der Waals surface area contributed by atoms with Crippen LogP contribution in [0.15, 0.2) is 18.2 Å². The molecule has 0 bridgehead atoms. The Balaban J connectivity index is 0.000000413. The third kappa shape index (κ3) is 7.21. The van der Waals surface area contributed by atoms with Gasteiger partial charge in [-0.25, -0.2) is 9.59 Å². The number of hydrogen-bond donors (Lipinski definition) is 3. The summed E-state index contributed by atoms with van der Waals surface area (Å²) in [4.78, 5) is 32.3. The van der Waals surface area contributed by atoms with Crippen LogP contribution in [0.4, 0.5) is 5.69 Å². The zero-order valence-electron chi connectivity index (χ0n) is 13.7. The maximum atomic E-state index is 12.0. The summed E-state index contributed by atoms with van der Waals surface area (Å²) in [5.74, 6) is -3.60. The van der Waals surface area contributed by atoms with Crippen LogP contribution in [-0.2, 0) is 19.1 Å². The quantitative estimate of drug-likeness (QED) is 0.696. The molecule has 1 aliphatic rings. The molecule has 8 heteroatoms. The van der Waals surface area contributed by atoms with Gasteiger partial charge in [0.1, 0.15) is 0 Å². The van der Waals surface area contributed by atoms with Gasteiger partial charge in [-0.1, -0.05) is 12.1 Å². The van der Waals surface area contributed by atoms with E-state index in [-0.39, 0.29) is 5.91 Å². The molecule has 0 unspecified atom stereocenters. The van der Waals surface area contributed by atoms with Crippen molar-refractivity contribution in [3.05, 3.63) is 29.3 Å². The highest BCUT2D eigenvalue weighted by Gasteiger charge is 2.14. The van der Waals surface area contributed by atoms with E-state index in [0.717, 1.165) is 43.1 Å². The van der Waals surface area contributed by atoms with Crippen molar-refractivity contribution < 1.29 is 29.3 Å². The van der Waals surface area contributed by atoms with Gasteiger partial charge in [0.2, 0.25) is 5.91 Å². The van der Waals surface area contributed by atoms with Gasteiger partial charge < -0.3 is 20.3 Å². The third-order valence-electron chi connectivity index (χ3n) is 3.32. The van der Waals surface area contributed by atoms with E-state index < -0.39 is 11.9 Å². The number of carboxylic acid groups (broad SMARTS) is 2. The summed E-state index contributed by atoms with van der Waals surface area (Å²) in [6.07, 6.45) is 0. The number of nitrogens with one attached hydrogen (secondary N) is 1. The Kier molecular flexibility index (Phi) is 7.87. The lowest BCUT2D eigenvalue weighted by atomic mass is 10.1. The highest BCUT2D eigenvalue weighted by molar-refractivity contribution is 6.27. The second kappa shape index (κ2) is 9.64. The Labute approximate surface area is 140 Å². The van der Waals surface area contributed by atoms with E-state index in [1.165, 1.54) is 0 Å². The fourth-order valence-electron chi connectivity index (χ4n) is 2.02. The minimum absolute atomic E-state index is 0.0469. The van der Waals surface area contributed by atoms with E-state index in [9.17, 15) is 4.79 Å². The van der Waals surface area contributed by atoms with Gasteiger partial charge in [-0.15, -0.1) is 0 Å². The molecule has 24 heavy (non-hydrogen) atoms. The van der Waals surface area contributed by atoms with Crippen molar-refractivity contribution in [2.75, 3.05) is 38.2 Å². The smallest absolute Gasteiger partial charge is 0.414 e. The summed E-state index contributed by atoms with van der Waals surface area (Å²) in [5.41, 5.74) is 3.16. The van der Waals surface area contributed by atoms with Crippen LogP contribution in [0, 0.1) is 13.8 Å². The van der Waals surface area contributed by atoms with Crippen LogP contribution in [0.3, 0.4) is 0 Å². The average Bonchev–Trinajstić information content (AvgIpc) is 2.52. The Morgan fingerprint density at radius 2 is 1.71 bits per heavy atom. The molecule has 3 N–H and O–H groups in total. The molecule has 2 rings (SSSR count). The summed E-state index contributed by atoms with van der Waals surface area (Å²) in [7, 11) is 0. The number of carbonyl (C=O) groups is 3. The van der Waals surface area contributed by atoms with Crippen molar-refractivity contribution in [2.45, 2.75) is 13.8 Å². The predicted octanol–water partition coefficient (Wildman–Crippen LogP) is 0.730. The summed E-state index contributed by atoms with van der Waals surface area (Å²) < 4.78 is 5.26. The normalized spacial score (nSPS) is 14.2. The molecule has 0 aromatic heterocycles. The highest BCUT2D eigenvalue weighted by atomic mass is 16.5. The SMILES string of the molecule is Cc1ccc(C)c(NC(=O)CN2CCOCC2)c1.O=C(O)C(=O)O. The molecule has 1 aromatic rings. The van der Waals surface area contributed by atoms with E-state index in [1.54, 1.807) is 0 Å². The Morgan fingerprint density at radius 3 is 2.25 bits per heavy atom. The number of rotatable bonds is 3. The molecule has 1 amide bonds. The number of aliphatic carboxylic acids is 2. The van der Waals surface area contributed by atoms with Crippen LogP contribution in [0.5, 0.6) is 0 Å². The van der Waals surface area contributed by atoms with Crippen LogP contribution in [0.1, 0.15) is 11.1 Å². The van der Waals surface area contributed by atoms with Gasteiger partial charge in [0, 0.05) is 18.8 Å². The molecule has 0 saturated carbocycles. The minimum atomic E-state index is -1.82. The molecule has 0 radical (unpaired) electrons. The van der Waals surface area contributed by atoms with Crippen molar-refractivity contribution in [2.24, 2.45) is 0 Å². The Hall–Kier alpha value is -2.45. The lowest BCUT2D eigenvalue weighted by Gasteiger charge is -2.25. The molecular formula is C16H22N2O6. The van der Waals surface area contributed by atoms with Gasteiger partial charge in [-0.2, -0.15) is 0 Å². The first-order valence-electron chi connectivity index (χ1n) is 7.43. The van der Waals surface area contributed by atoms with Gasteiger partial charge in [-0.3, -0.25) is 9.69 Å². The number of morpholine rings is 1. The molecule has 1 heterocycles. The van der Waals surface area contributed by atoms with Crippen molar-refractivity contribution in [3.63, 3.8) is 0 Å². The van der Waals surface area contributed by atoms with Gasteiger partial charge in [0.05, 0.1) is 19.8 Å². The molecule has 1 saturated heterocycles. The van der Waals surface area contributed by atoms with Crippen LogP contribution >= 0.6 is 0 Å². The van der Waals surface area contributed by atoms with E-state index >= 15 is 0 Å². The van der Waals surface area contributed by atoms with Crippen molar-refractivity contribution in [1.82, 2.24) is 4.90 Å². The number of benzene rings is 1. The molecule has 1 fully saturated rings. The number of anilines is 1. The molecule has 0 spiro atoms. The standard InChI is InChI=1S/C14H20N2O2.C2H2O4/c1-11-3-4-12(2)13(9-11)15-14(17)10-16-5-7-18-8-6-16;3-1(4)2(5)6/h3-4,9H,5-8,10H2,1-2H3,(H,15,17);(H,3,4)(H,5,6). The molecular weight excluding hydrogens is 316 g/mol. The summed E-state index contributed by atoms with van der Waals surface area (Å²) in [6, 6.07) is 6.08. The molecule has 0 aliphatic carbocycles. The van der Waals surface area contributed by atoms with Gasteiger partial charge >= 0.3 is 11.9 Å². The zero-order chi connectivity index (χ0) is 18.1. The number of nitrogens with zero attached hydrogens (tertiary/aromatic N) is 1. The van der Waals surface area contributed by atoms with E-state index in [2.05, 4.69) is 10.2 Å². The Morgan fingerprint density at radius 1 is 1.12 bits per heavy atom. The first-order valence-corrected chi connectivity index (χ1v) is 7.43. The molecule has 1 aromatic carbocycles. The fraction of sp³-hybridized carbons (Fsp3) is 0.438. The largest absolute Gasteiger partial charge is 0.473 e. The first kappa shape index (κ1) is 19.6. The summed E-state index contributed by atoms with van der Waals surface area (Å²) in [5, 5.41) is 17.8. The van der Waals surface area contributed by atoms with E-state index in [4.69, 9.17) is 24.5 Å². The van der Waals surface area contributed by atoms with Crippen LogP contribution in [-0.4, -0.2) is 65.8 Å². The third-order valence-corrected chi connectivity index (χ3v) is 3.32. The minimum Gasteiger partial charge on any atom is -0.473 e. The van der Waals surface area contributed by atoms with Crippen LogP contribution < -0.4 is 5.32 Å². The lowest BCUT2D eigenvalue weighted by molar-refractivity contribution is -0.159. The fourth-order valence-corrected chi connectivity index (χ4v) is 2.02. The number of carbonyl (C=O) groups excluding carboxylic acids is 1. The van der Waals surface area contributed by atoms with Crippen molar-refractivity contribution in [1.29, 1.82) is 0 Å². The number of hydrogen-bond acceptors (Lipinski definition) is 5. The maximum Gasteiger partial charge on any atom is 0.414 e.